The van der Waals surface area contributed by atoms with E-state index in [0.29, 0.717) is 0 Å². The zero-order chi connectivity index (χ0) is 9.54. The van der Waals surface area contributed by atoms with Crippen LogP contribution >= 0.6 is 0 Å². The molecule has 2 aromatic rings. The van der Waals surface area contributed by atoms with Crippen LogP contribution in [0.1, 0.15) is 17.7 Å². The molecular formula is C13H13N. The maximum absolute atomic E-state index is 4.06. The zero-order valence-corrected chi connectivity index (χ0v) is 8.14. The van der Waals surface area contributed by atoms with Crippen molar-refractivity contribution in [3.8, 4) is 0 Å². The van der Waals surface area contributed by atoms with Crippen LogP contribution in [0.2, 0.25) is 0 Å². The molecule has 1 aromatic heterocycles. The van der Waals surface area contributed by atoms with Gasteiger partial charge in [0, 0.05) is 23.0 Å². The molecule has 70 valence electrons. The molecule has 1 heteroatoms. The van der Waals surface area contributed by atoms with Crippen molar-refractivity contribution in [1.29, 1.82) is 0 Å². The third-order valence-electron chi connectivity index (χ3n) is 3.06. The van der Waals surface area contributed by atoms with E-state index in [9.17, 15) is 0 Å². The first-order chi connectivity index (χ1) is 6.84. The van der Waals surface area contributed by atoms with Gasteiger partial charge in [-0.15, -0.1) is 0 Å². The minimum Gasteiger partial charge on any atom is -0.358 e. The maximum Gasteiger partial charge on any atom is 0.0459 e. The Kier molecular flexibility index (Phi) is 1.54. The Morgan fingerprint density at radius 2 is 2.00 bits per heavy atom. The van der Waals surface area contributed by atoms with Crippen molar-refractivity contribution in [1.82, 2.24) is 4.98 Å². The van der Waals surface area contributed by atoms with Crippen LogP contribution in [-0.4, -0.2) is 4.98 Å². The fraction of sp³-hybridized carbons (Fsp3) is 0.231. The fourth-order valence-corrected chi connectivity index (χ4v) is 2.33. The first-order valence-electron chi connectivity index (χ1n) is 5.10. The molecule has 1 nitrogen and oxygen atoms in total. The van der Waals surface area contributed by atoms with E-state index in [-0.39, 0.29) is 0 Å². The van der Waals surface area contributed by atoms with Crippen molar-refractivity contribution < 1.29 is 0 Å². The molecule has 0 atom stereocenters. The number of nitrogens with one attached hydrogen (secondary N) is 1. The third-order valence-corrected chi connectivity index (χ3v) is 3.06. The van der Waals surface area contributed by atoms with Gasteiger partial charge in [0.25, 0.3) is 0 Å². The summed E-state index contributed by atoms with van der Waals surface area (Å²) < 4.78 is 0. The SMILES string of the molecule is C=C1CCc2c([nH]c3ccccc23)C1. The highest BCUT2D eigenvalue weighted by molar-refractivity contribution is 5.85. The second-order valence-corrected chi connectivity index (χ2v) is 4.05. The quantitative estimate of drug-likeness (QED) is 0.604. The van der Waals surface area contributed by atoms with Crippen molar-refractivity contribution in [2.75, 3.05) is 0 Å². The number of rotatable bonds is 0. The van der Waals surface area contributed by atoms with E-state index in [1.165, 1.54) is 27.7 Å². The highest BCUT2D eigenvalue weighted by Gasteiger charge is 2.16. The number of benzene rings is 1. The van der Waals surface area contributed by atoms with E-state index in [2.05, 4.69) is 35.8 Å². The molecule has 0 fully saturated rings. The summed E-state index contributed by atoms with van der Waals surface area (Å²) in [5.74, 6) is 0. The molecule has 0 bridgehead atoms. The first kappa shape index (κ1) is 7.86. The van der Waals surface area contributed by atoms with Gasteiger partial charge in [-0.25, -0.2) is 0 Å². The molecule has 1 aromatic carbocycles. The van der Waals surface area contributed by atoms with Crippen LogP contribution in [-0.2, 0) is 12.8 Å². The highest BCUT2D eigenvalue weighted by atomic mass is 14.7. The summed E-state index contributed by atoms with van der Waals surface area (Å²) in [7, 11) is 0. The van der Waals surface area contributed by atoms with Crippen molar-refractivity contribution in [3.63, 3.8) is 0 Å². The lowest BCUT2D eigenvalue weighted by molar-refractivity contribution is 0.834. The Hall–Kier alpha value is -1.50. The van der Waals surface area contributed by atoms with Crippen LogP contribution in [0, 0.1) is 0 Å². The number of hydrogen-bond donors (Lipinski definition) is 1. The minimum atomic E-state index is 1.03. The van der Waals surface area contributed by atoms with Crippen molar-refractivity contribution in [3.05, 3.63) is 47.7 Å². The number of aryl methyl sites for hydroxylation is 1. The molecule has 14 heavy (non-hydrogen) atoms. The van der Waals surface area contributed by atoms with Gasteiger partial charge in [0.05, 0.1) is 0 Å². The van der Waals surface area contributed by atoms with Crippen LogP contribution < -0.4 is 0 Å². The highest BCUT2D eigenvalue weighted by Crippen LogP contribution is 2.30. The molecule has 0 spiro atoms. The number of fused-ring (bicyclic) bond motifs is 3. The number of allylic oxidation sites excluding steroid dienone is 1. The molecule has 0 amide bonds. The van der Waals surface area contributed by atoms with Crippen LogP contribution in [0.15, 0.2) is 36.4 Å². The molecule has 1 N–H and O–H groups in total. The Morgan fingerprint density at radius 3 is 2.93 bits per heavy atom. The summed E-state index contributed by atoms with van der Waals surface area (Å²) in [6.45, 7) is 4.06. The minimum absolute atomic E-state index is 1.03. The summed E-state index contributed by atoms with van der Waals surface area (Å²) in [6, 6.07) is 8.55. The molecule has 0 unspecified atom stereocenters. The summed E-state index contributed by atoms with van der Waals surface area (Å²) in [5, 5.41) is 1.40. The average Bonchev–Trinajstić information content (AvgIpc) is 2.54. The topological polar surface area (TPSA) is 15.8 Å². The molecule has 0 saturated heterocycles. The van der Waals surface area contributed by atoms with Gasteiger partial charge in [0.2, 0.25) is 0 Å². The Bertz CT molecular complexity index is 505. The lowest BCUT2D eigenvalue weighted by Gasteiger charge is -2.13. The summed E-state index contributed by atoms with van der Waals surface area (Å²) in [4.78, 5) is 3.49. The number of H-pyrrole nitrogens is 1. The number of aromatic nitrogens is 1. The Balaban J connectivity index is 2.29. The van der Waals surface area contributed by atoms with Crippen LogP contribution in [0.5, 0.6) is 0 Å². The van der Waals surface area contributed by atoms with Crippen LogP contribution in [0.25, 0.3) is 10.9 Å². The summed E-state index contributed by atoms with van der Waals surface area (Å²) >= 11 is 0. The van der Waals surface area contributed by atoms with E-state index in [1.54, 1.807) is 0 Å². The van der Waals surface area contributed by atoms with Gasteiger partial charge in [0.1, 0.15) is 0 Å². The molecule has 1 aliphatic carbocycles. The van der Waals surface area contributed by atoms with E-state index in [4.69, 9.17) is 0 Å². The standard InChI is InChI=1S/C13H13N/c1-9-6-7-11-10-4-2-3-5-12(10)14-13(11)8-9/h2-5,14H,1,6-8H2. The number of hydrogen-bond acceptors (Lipinski definition) is 0. The van der Waals surface area contributed by atoms with E-state index >= 15 is 0 Å². The monoisotopic (exact) mass is 183 g/mol. The van der Waals surface area contributed by atoms with E-state index in [1.807, 2.05) is 0 Å². The van der Waals surface area contributed by atoms with Gasteiger partial charge in [-0.1, -0.05) is 30.4 Å². The molecule has 0 aliphatic heterocycles. The second kappa shape index (κ2) is 2.74. The molecule has 1 aliphatic rings. The van der Waals surface area contributed by atoms with Crippen LogP contribution in [0.4, 0.5) is 0 Å². The molecule has 3 rings (SSSR count). The lowest BCUT2D eigenvalue weighted by atomic mass is 9.92. The van der Waals surface area contributed by atoms with Crippen molar-refractivity contribution in [2.24, 2.45) is 0 Å². The predicted octanol–water partition coefficient (Wildman–Crippen LogP) is 3.21. The van der Waals surface area contributed by atoms with E-state index in [0.717, 1.165) is 19.3 Å². The smallest absolute Gasteiger partial charge is 0.0459 e. The van der Waals surface area contributed by atoms with Crippen molar-refractivity contribution >= 4 is 10.9 Å². The largest absolute Gasteiger partial charge is 0.358 e. The number of para-hydroxylation sites is 1. The molecule has 0 saturated carbocycles. The van der Waals surface area contributed by atoms with Gasteiger partial charge in [0.15, 0.2) is 0 Å². The van der Waals surface area contributed by atoms with Gasteiger partial charge in [-0.3, -0.25) is 0 Å². The van der Waals surface area contributed by atoms with Crippen molar-refractivity contribution in [2.45, 2.75) is 19.3 Å². The summed E-state index contributed by atoms with van der Waals surface area (Å²) in [6.07, 6.45) is 3.33. The van der Waals surface area contributed by atoms with Crippen LogP contribution in [0.3, 0.4) is 0 Å². The summed E-state index contributed by atoms with van der Waals surface area (Å²) in [5.41, 5.74) is 5.51. The predicted molar refractivity (Wildman–Crippen MR) is 59.5 cm³/mol. The molecular weight excluding hydrogens is 170 g/mol. The van der Waals surface area contributed by atoms with Gasteiger partial charge >= 0.3 is 0 Å². The first-order valence-corrected chi connectivity index (χ1v) is 5.10. The Labute approximate surface area is 83.5 Å². The molecule has 1 heterocycles. The second-order valence-electron chi connectivity index (χ2n) is 4.05. The normalized spacial score (nSPS) is 15.9. The fourth-order valence-electron chi connectivity index (χ4n) is 2.33. The van der Waals surface area contributed by atoms with Gasteiger partial charge < -0.3 is 4.98 Å². The van der Waals surface area contributed by atoms with E-state index < -0.39 is 0 Å². The third kappa shape index (κ3) is 1.02. The molecule has 0 radical (unpaired) electrons. The average molecular weight is 183 g/mol. The zero-order valence-electron chi connectivity index (χ0n) is 8.14. The lowest BCUT2D eigenvalue weighted by Crippen LogP contribution is -2.02. The van der Waals surface area contributed by atoms with Gasteiger partial charge in [-0.2, -0.15) is 0 Å². The van der Waals surface area contributed by atoms with Gasteiger partial charge in [-0.05, 0) is 24.5 Å². The maximum atomic E-state index is 4.06. The Morgan fingerprint density at radius 1 is 1.14 bits per heavy atom. The number of aromatic amines is 1.